The lowest BCUT2D eigenvalue weighted by Gasteiger charge is -2.34. The van der Waals surface area contributed by atoms with Crippen molar-refractivity contribution >= 4 is 23.6 Å². The van der Waals surface area contributed by atoms with E-state index in [1.807, 2.05) is 0 Å². The summed E-state index contributed by atoms with van der Waals surface area (Å²) in [6.45, 7) is 0.285. The summed E-state index contributed by atoms with van der Waals surface area (Å²) in [5.41, 5.74) is 7.39. The van der Waals surface area contributed by atoms with Crippen molar-refractivity contribution < 1.29 is 19.2 Å². The summed E-state index contributed by atoms with van der Waals surface area (Å²) < 4.78 is 0. The summed E-state index contributed by atoms with van der Waals surface area (Å²) in [5.74, 6) is -1.91. The molecule has 2 aliphatic heterocycles. The fourth-order valence-electron chi connectivity index (χ4n) is 2.84. The Hall–Kier alpha value is -2.54. The third-order valence-corrected chi connectivity index (χ3v) is 3.99. The van der Waals surface area contributed by atoms with Crippen molar-refractivity contribution in [2.75, 3.05) is 0 Å². The van der Waals surface area contributed by atoms with Crippen LogP contribution in [0.25, 0.3) is 0 Å². The third kappa shape index (κ3) is 2.29. The second-order valence-electron chi connectivity index (χ2n) is 5.41. The minimum Gasteiger partial charge on any atom is -0.326 e. The molecular weight excluding hydrogens is 286 g/mol. The predicted molar refractivity (Wildman–Crippen MR) is 75.4 cm³/mol. The monoisotopic (exact) mass is 301 g/mol. The van der Waals surface area contributed by atoms with Crippen molar-refractivity contribution in [1.29, 1.82) is 0 Å². The maximum Gasteiger partial charge on any atom is 0.261 e. The maximum absolute atomic E-state index is 12.6. The lowest BCUT2D eigenvalue weighted by Crippen LogP contribution is -2.57. The molecule has 3 rings (SSSR count). The van der Waals surface area contributed by atoms with E-state index in [4.69, 9.17) is 5.73 Å². The third-order valence-electron chi connectivity index (χ3n) is 3.99. The first-order chi connectivity index (χ1) is 10.5. The van der Waals surface area contributed by atoms with Gasteiger partial charge in [0.2, 0.25) is 17.7 Å². The number of nitrogens with zero attached hydrogens (tertiary/aromatic N) is 1. The van der Waals surface area contributed by atoms with Crippen LogP contribution in [0.2, 0.25) is 0 Å². The standard InChI is InChI=1S/C15H15N3O4/c16-7-8-1-2-9-6-13(20)18(15(22)10(9)5-8)11-3-4-12(19)17-14(11)21/h1-2,5,11H,3-4,6-7,16H2,(H,17,19,21). The minimum absolute atomic E-state index is 0.0592. The van der Waals surface area contributed by atoms with Crippen LogP contribution in [0.3, 0.4) is 0 Å². The number of carbonyl (C=O) groups is 4. The van der Waals surface area contributed by atoms with Crippen molar-refractivity contribution in [3.8, 4) is 0 Å². The molecule has 22 heavy (non-hydrogen) atoms. The van der Waals surface area contributed by atoms with Crippen molar-refractivity contribution in [1.82, 2.24) is 10.2 Å². The van der Waals surface area contributed by atoms with E-state index in [1.54, 1.807) is 18.2 Å². The molecule has 1 atom stereocenters. The molecule has 7 heteroatoms. The van der Waals surface area contributed by atoms with Gasteiger partial charge in [0.05, 0.1) is 6.42 Å². The highest BCUT2D eigenvalue weighted by atomic mass is 16.2. The van der Waals surface area contributed by atoms with E-state index < -0.39 is 23.8 Å². The fourth-order valence-corrected chi connectivity index (χ4v) is 2.84. The fraction of sp³-hybridized carbons (Fsp3) is 0.333. The molecule has 4 amide bonds. The zero-order valence-electron chi connectivity index (χ0n) is 11.8. The first-order valence-electron chi connectivity index (χ1n) is 7.03. The number of piperidine rings is 1. The van der Waals surface area contributed by atoms with E-state index in [2.05, 4.69) is 5.32 Å². The van der Waals surface area contributed by atoms with Gasteiger partial charge in [-0.3, -0.25) is 29.4 Å². The first-order valence-corrected chi connectivity index (χ1v) is 7.03. The molecule has 0 aromatic heterocycles. The number of hydrogen-bond acceptors (Lipinski definition) is 5. The van der Waals surface area contributed by atoms with Gasteiger partial charge in [0, 0.05) is 18.5 Å². The zero-order valence-corrected chi connectivity index (χ0v) is 11.8. The number of hydrogen-bond donors (Lipinski definition) is 2. The molecule has 1 unspecified atom stereocenters. The van der Waals surface area contributed by atoms with Gasteiger partial charge in [-0.05, 0) is 23.6 Å². The highest BCUT2D eigenvalue weighted by Crippen LogP contribution is 2.25. The van der Waals surface area contributed by atoms with E-state index in [-0.39, 0.29) is 31.7 Å². The Morgan fingerprint density at radius 1 is 1.23 bits per heavy atom. The Morgan fingerprint density at radius 2 is 2.00 bits per heavy atom. The Kier molecular flexibility index (Phi) is 3.50. The number of nitrogens with two attached hydrogens (primary N) is 1. The van der Waals surface area contributed by atoms with Crippen LogP contribution in [0, 0.1) is 0 Å². The molecule has 2 aliphatic rings. The van der Waals surface area contributed by atoms with E-state index in [0.717, 1.165) is 10.5 Å². The highest BCUT2D eigenvalue weighted by molar-refractivity contribution is 6.13. The zero-order chi connectivity index (χ0) is 15.9. The lowest BCUT2D eigenvalue weighted by atomic mass is 9.93. The van der Waals surface area contributed by atoms with E-state index >= 15 is 0 Å². The molecule has 0 bridgehead atoms. The van der Waals surface area contributed by atoms with Crippen molar-refractivity contribution in [2.45, 2.75) is 31.8 Å². The molecular formula is C15H15N3O4. The van der Waals surface area contributed by atoms with Crippen LogP contribution in [0.1, 0.15) is 34.3 Å². The molecule has 1 saturated heterocycles. The average Bonchev–Trinajstić information content (AvgIpc) is 2.49. The summed E-state index contributed by atoms with van der Waals surface area (Å²) in [6.07, 6.45) is 0.334. The minimum atomic E-state index is -0.924. The molecule has 114 valence electrons. The van der Waals surface area contributed by atoms with E-state index in [0.29, 0.717) is 11.1 Å². The summed E-state index contributed by atoms with van der Waals surface area (Å²) >= 11 is 0. The lowest BCUT2D eigenvalue weighted by molar-refractivity contribution is -0.143. The Bertz CT molecular complexity index is 698. The number of nitrogens with one attached hydrogen (secondary N) is 1. The Morgan fingerprint density at radius 3 is 2.68 bits per heavy atom. The van der Waals surface area contributed by atoms with Gasteiger partial charge >= 0.3 is 0 Å². The van der Waals surface area contributed by atoms with Gasteiger partial charge in [0.1, 0.15) is 6.04 Å². The van der Waals surface area contributed by atoms with Gasteiger partial charge < -0.3 is 5.73 Å². The number of benzene rings is 1. The smallest absolute Gasteiger partial charge is 0.261 e. The number of amides is 4. The predicted octanol–water partition coefficient (Wildman–Crippen LogP) is -0.525. The van der Waals surface area contributed by atoms with Crippen molar-refractivity contribution in [2.24, 2.45) is 5.73 Å². The van der Waals surface area contributed by atoms with Gasteiger partial charge in [0.25, 0.3) is 5.91 Å². The second-order valence-corrected chi connectivity index (χ2v) is 5.41. The quantitative estimate of drug-likeness (QED) is 0.714. The van der Waals surface area contributed by atoms with Gasteiger partial charge in [-0.2, -0.15) is 0 Å². The Labute approximate surface area is 126 Å². The summed E-state index contributed by atoms with van der Waals surface area (Å²) in [5, 5.41) is 2.17. The molecule has 0 spiro atoms. The van der Waals surface area contributed by atoms with E-state index in [1.165, 1.54) is 0 Å². The van der Waals surface area contributed by atoms with Crippen LogP contribution in [0.15, 0.2) is 18.2 Å². The molecule has 1 aromatic rings. The summed E-state index contributed by atoms with van der Waals surface area (Å²) in [4.78, 5) is 49.0. The SMILES string of the molecule is NCc1ccc2c(c1)C(=O)N(C1CCC(=O)NC1=O)C(=O)C2. The van der Waals surface area contributed by atoms with Gasteiger partial charge in [-0.15, -0.1) is 0 Å². The van der Waals surface area contributed by atoms with Crippen molar-refractivity contribution in [3.63, 3.8) is 0 Å². The molecule has 0 radical (unpaired) electrons. The van der Waals surface area contributed by atoms with E-state index in [9.17, 15) is 19.2 Å². The average molecular weight is 301 g/mol. The Balaban J connectivity index is 1.96. The van der Waals surface area contributed by atoms with Crippen LogP contribution in [0.5, 0.6) is 0 Å². The highest BCUT2D eigenvalue weighted by Gasteiger charge is 2.41. The molecule has 2 heterocycles. The molecule has 7 nitrogen and oxygen atoms in total. The van der Waals surface area contributed by atoms with Crippen LogP contribution in [0.4, 0.5) is 0 Å². The second kappa shape index (κ2) is 5.34. The van der Waals surface area contributed by atoms with Crippen LogP contribution in [-0.4, -0.2) is 34.6 Å². The van der Waals surface area contributed by atoms with Crippen LogP contribution < -0.4 is 11.1 Å². The van der Waals surface area contributed by atoms with Crippen molar-refractivity contribution in [3.05, 3.63) is 34.9 Å². The van der Waals surface area contributed by atoms with Crippen LogP contribution in [-0.2, 0) is 27.3 Å². The van der Waals surface area contributed by atoms with Gasteiger partial charge in [-0.25, -0.2) is 0 Å². The first kappa shape index (κ1) is 14.4. The number of imide groups is 2. The topological polar surface area (TPSA) is 110 Å². The molecule has 0 saturated carbocycles. The summed E-state index contributed by atoms with van der Waals surface area (Å²) in [7, 11) is 0. The summed E-state index contributed by atoms with van der Waals surface area (Å²) in [6, 6.07) is 4.23. The molecule has 1 aromatic carbocycles. The number of fused-ring (bicyclic) bond motifs is 1. The maximum atomic E-state index is 12.6. The molecule has 1 fully saturated rings. The van der Waals surface area contributed by atoms with Crippen LogP contribution >= 0.6 is 0 Å². The molecule has 3 N–H and O–H groups in total. The number of rotatable bonds is 2. The van der Waals surface area contributed by atoms with Gasteiger partial charge in [-0.1, -0.05) is 12.1 Å². The number of carbonyl (C=O) groups excluding carboxylic acids is 4. The van der Waals surface area contributed by atoms with Gasteiger partial charge in [0.15, 0.2) is 0 Å². The normalized spacial score (nSPS) is 21.7. The molecule has 0 aliphatic carbocycles. The largest absolute Gasteiger partial charge is 0.326 e.